The van der Waals surface area contributed by atoms with Gasteiger partial charge in [-0.1, -0.05) is 27.7 Å². The minimum atomic E-state index is -0.844. The van der Waals surface area contributed by atoms with Gasteiger partial charge in [-0.05, 0) is 60.8 Å². The Morgan fingerprint density at radius 1 is 0.537 bits per heavy atom. The van der Waals surface area contributed by atoms with Crippen molar-refractivity contribution in [2.45, 2.75) is 133 Å². The number of nitriles is 3. The molecule has 0 aliphatic carbocycles. The summed E-state index contributed by atoms with van der Waals surface area (Å²) >= 11 is 0. The zero-order chi connectivity index (χ0) is 43.4. The number of hydrogen-bond acceptors (Lipinski definition) is 12. The summed E-state index contributed by atoms with van der Waals surface area (Å²) in [6.07, 6.45) is 4.94. The first-order valence-electron chi connectivity index (χ1n) is 18.5. The van der Waals surface area contributed by atoms with Gasteiger partial charge in [-0.3, -0.25) is 24.0 Å². The van der Waals surface area contributed by atoms with Crippen molar-refractivity contribution in [1.29, 1.82) is 15.8 Å². The van der Waals surface area contributed by atoms with Crippen LogP contribution in [0.15, 0.2) is 0 Å². The number of aliphatic carboxylic acids is 1. The first-order chi connectivity index (χ1) is 24.9. The van der Waals surface area contributed by atoms with Crippen LogP contribution in [-0.4, -0.2) is 89.1 Å². The van der Waals surface area contributed by atoms with Crippen molar-refractivity contribution in [1.82, 2.24) is 0 Å². The van der Waals surface area contributed by atoms with Gasteiger partial charge in [0.25, 0.3) is 0 Å². The van der Waals surface area contributed by atoms with E-state index in [4.69, 9.17) is 39.8 Å². The highest BCUT2D eigenvalue weighted by molar-refractivity contribution is 5.81. The number of carboxylic acid groups (broad SMARTS) is 1. The third kappa shape index (κ3) is 44.6. The molecule has 0 rings (SSSR count). The van der Waals surface area contributed by atoms with Crippen LogP contribution in [0.2, 0.25) is 0 Å². The monoisotopic (exact) mass is 768 g/mol. The Morgan fingerprint density at radius 3 is 1.20 bits per heavy atom. The molecular formula is C41H73N3O10. The first-order valence-corrected chi connectivity index (χ1v) is 18.5. The molecule has 0 saturated heterocycles. The molecular weight excluding hydrogens is 694 g/mol. The Hall–Kier alpha value is -3.54. The van der Waals surface area contributed by atoms with Crippen LogP contribution in [0.3, 0.4) is 0 Å². The number of hydrogen-bond donors (Lipinski definition) is 1. The number of carbonyl (C=O) groups excluding carboxylic acids is 4. The maximum absolute atomic E-state index is 11.5. The van der Waals surface area contributed by atoms with Crippen molar-refractivity contribution in [3.63, 3.8) is 0 Å². The summed E-state index contributed by atoms with van der Waals surface area (Å²) < 4.78 is 19.2. The standard InChI is InChI=1S/C11H19NO2.C10H17NO2.C7H11NO2.C7H14O2.C6H12O2/c1-9(7-14-4)10(13)5-6-11(2,3)8-12;1-10(2,8-11)6-4-9(12)5-7-13-3;1-7(2,5-8)4-3-6(9)10;1-4-7(8)6(2)5-9-3;1-3-6(7)4-5-8-2/h9H,5-7H2,1-4H3;4-7H2,1-3H3;3-4H2,1-2H3,(H,9,10);6H,4-5H2,1-3H3;3-5H2,1-2H3. The topological polar surface area (TPSA) is 214 Å². The van der Waals surface area contributed by atoms with E-state index in [1.54, 1.807) is 42.3 Å². The van der Waals surface area contributed by atoms with Crippen LogP contribution in [0.4, 0.5) is 0 Å². The van der Waals surface area contributed by atoms with E-state index in [-0.39, 0.29) is 46.8 Å². The van der Waals surface area contributed by atoms with Crippen LogP contribution >= 0.6 is 0 Å². The maximum Gasteiger partial charge on any atom is 0.303 e. The minimum Gasteiger partial charge on any atom is -0.481 e. The number of ketones is 4. The summed E-state index contributed by atoms with van der Waals surface area (Å²) in [6, 6.07) is 6.39. The van der Waals surface area contributed by atoms with Gasteiger partial charge < -0.3 is 24.1 Å². The molecule has 312 valence electrons. The molecule has 0 bridgehead atoms. The lowest BCUT2D eigenvalue weighted by Crippen LogP contribution is -2.19. The predicted octanol–water partition coefficient (Wildman–Crippen LogP) is 7.74. The second-order valence-corrected chi connectivity index (χ2v) is 14.8. The second kappa shape index (κ2) is 36.4. The number of ether oxygens (including phenoxy) is 4. The smallest absolute Gasteiger partial charge is 0.303 e. The van der Waals surface area contributed by atoms with Crippen molar-refractivity contribution in [2.75, 3.05) is 54.9 Å². The lowest BCUT2D eigenvalue weighted by Gasteiger charge is -2.15. The molecule has 2 unspecified atom stereocenters. The fraction of sp³-hybridized carbons (Fsp3) is 0.805. The largest absolute Gasteiger partial charge is 0.481 e. The normalized spacial score (nSPS) is 11.6. The summed E-state index contributed by atoms with van der Waals surface area (Å²) in [7, 11) is 6.37. The molecule has 0 fully saturated rings. The molecule has 2 atom stereocenters. The van der Waals surface area contributed by atoms with Gasteiger partial charge in [0, 0.05) is 85.2 Å². The molecule has 54 heavy (non-hydrogen) atoms. The maximum atomic E-state index is 11.5. The van der Waals surface area contributed by atoms with Gasteiger partial charge in [0.15, 0.2) is 0 Å². The van der Waals surface area contributed by atoms with E-state index in [1.165, 1.54) is 0 Å². The quantitative estimate of drug-likeness (QED) is 0.105. The summed E-state index contributed by atoms with van der Waals surface area (Å²) in [5, 5.41) is 34.2. The summed E-state index contributed by atoms with van der Waals surface area (Å²) in [6.45, 7) is 20.4. The molecule has 0 aromatic carbocycles. The van der Waals surface area contributed by atoms with E-state index in [9.17, 15) is 24.0 Å². The van der Waals surface area contributed by atoms with E-state index >= 15 is 0 Å². The van der Waals surface area contributed by atoms with Crippen LogP contribution in [-0.2, 0) is 42.9 Å². The fourth-order valence-electron chi connectivity index (χ4n) is 3.49. The van der Waals surface area contributed by atoms with Crippen LogP contribution < -0.4 is 0 Å². The zero-order valence-corrected chi connectivity index (χ0v) is 36.0. The number of carboxylic acids is 1. The molecule has 0 aliphatic rings. The summed E-state index contributed by atoms with van der Waals surface area (Å²) in [5.41, 5.74) is -1.29. The lowest BCUT2D eigenvalue weighted by molar-refractivity contribution is -0.137. The SMILES string of the molecule is CC(C)(C#N)CCC(=O)O.CCC(=O)C(C)COC.CCC(=O)CCOC.COCC(C)C(=O)CCC(C)(C)C#N.COCCC(=O)CCC(C)(C)C#N. The number of carbonyl (C=O) groups is 5. The number of methoxy groups -OCH3 is 4. The average molecular weight is 768 g/mol. The number of rotatable bonds is 23. The predicted molar refractivity (Wildman–Crippen MR) is 209 cm³/mol. The minimum absolute atomic E-state index is 0.0607. The molecule has 0 heterocycles. The van der Waals surface area contributed by atoms with Gasteiger partial charge in [-0.2, -0.15) is 15.8 Å². The Morgan fingerprint density at radius 2 is 0.889 bits per heavy atom. The highest BCUT2D eigenvalue weighted by Gasteiger charge is 2.21. The fourth-order valence-corrected chi connectivity index (χ4v) is 3.49. The van der Waals surface area contributed by atoms with Crippen LogP contribution in [0.1, 0.15) is 133 Å². The van der Waals surface area contributed by atoms with Crippen LogP contribution in [0.25, 0.3) is 0 Å². The van der Waals surface area contributed by atoms with Gasteiger partial charge in [0.2, 0.25) is 0 Å². The third-order valence-corrected chi connectivity index (χ3v) is 7.74. The number of Topliss-reactive ketones (excluding diaryl/α,β-unsaturated/α-hetero) is 4. The van der Waals surface area contributed by atoms with Gasteiger partial charge in [0.05, 0.1) is 60.9 Å². The highest BCUT2D eigenvalue weighted by Crippen LogP contribution is 2.22. The number of nitrogens with zero attached hydrogens (tertiary/aromatic N) is 3. The molecule has 13 heteroatoms. The lowest BCUT2D eigenvalue weighted by atomic mass is 9.87. The summed E-state index contributed by atoms with van der Waals surface area (Å²) in [4.78, 5) is 54.0. The van der Waals surface area contributed by atoms with E-state index in [2.05, 4.69) is 12.1 Å². The van der Waals surface area contributed by atoms with Crippen molar-refractivity contribution >= 4 is 29.1 Å². The Labute approximate surface area is 327 Å². The molecule has 0 radical (unpaired) electrons. The van der Waals surface area contributed by atoms with Gasteiger partial charge in [-0.25, -0.2) is 0 Å². The molecule has 0 aromatic heterocycles. The van der Waals surface area contributed by atoms with E-state index < -0.39 is 16.8 Å². The molecule has 0 amide bonds. The van der Waals surface area contributed by atoms with Crippen LogP contribution in [0.5, 0.6) is 0 Å². The van der Waals surface area contributed by atoms with E-state index in [0.29, 0.717) is 84.2 Å². The summed E-state index contributed by atoms with van der Waals surface area (Å²) in [5.74, 6) is 0.0573. The van der Waals surface area contributed by atoms with E-state index in [0.717, 1.165) is 0 Å². The molecule has 0 spiro atoms. The molecule has 13 nitrogen and oxygen atoms in total. The van der Waals surface area contributed by atoms with Gasteiger partial charge in [0.1, 0.15) is 23.1 Å². The third-order valence-electron chi connectivity index (χ3n) is 7.74. The highest BCUT2D eigenvalue weighted by atomic mass is 16.5. The Bertz CT molecular complexity index is 1160. The van der Waals surface area contributed by atoms with Crippen molar-refractivity contribution < 1.29 is 48.0 Å². The molecule has 0 aliphatic heterocycles. The molecule has 1 N–H and O–H groups in total. The second-order valence-electron chi connectivity index (χ2n) is 14.8. The molecule has 0 aromatic rings. The van der Waals surface area contributed by atoms with Crippen molar-refractivity contribution in [2.24, 2.45) is 28.1 Å². The van der Waals surface area contributed by atoms with E-state index in [1.807, 2.05) is 61.5 Å². The van der Waals surface area contributed by atoms with Crippen molar-refractivity contribution in [3.05, 3.63) is 0 Å². The average Bonchev–Trinajstić information content (AvgIpc) is 3.14. The van der Waals surface area contributed by atoms with Gasteiger partial charge >= 0.3 is 5.97 Å². The zero-order valence-electron chi connectivity index (χ0n) is 36.0. The van der Waals surface area contributed by atoms with Gasteiger partial charge in [-0.15, -0.1) is 0 Å². The van der Waals surface area contributed by atoms with Crippen LogP contribution in [0, 0.1) is 62.1 Å². The Balaban J connectivity index is -0.000000188. The van der Waals surface area contributed by atoms with Crippen molar-refractivity contribution in [3.8, 4) is 18.2 Å². The molecule has 0 saturated carbocycles. The first kappa shape index (κ1) is 59.7. The Kier molecular flexibility index (Phi) is 40.3.